The zero-order valence-electron chi connectivity index (χ0n) is 24.6. The van der Waals surface area contributed by atoms with Crippen LogP contribution in [0.2, 0.25) is 0 Å². The predicted octanol–water partition coefficient (Wildman–Crippen LogP) is 6.16. The number of nitriles is 1. The highest BCUT2D eigenvalue weighted by Gasteiger charge is 2.35. The number of ether oxygens (including phenoxy) is 1. The van der Waals surface area contributed by atoms with Gasteiger partial charge in [0.05, 0.1) is 41.3 Å². The quantitative estimate of drug-likeness (QED) is 0.269. The molecule has 1 aliphatic carbocycles. The van der Waals surface area contributed by atoms with Crippen LogP contribution in [-0.2, 0) is 17.6 Å². The maximum Gasteiger partial charge on any atom is 0.257 e. The van der Waals surface area contributed by atoms with Crippen LogP contribution in [0.1, 0.15) is 87.0 Å². The molecule has 1 atom stereocenters. The van der Waals surface area contributed by atoms with Gasteiger partial charge in [0.25, 0.3) is 5.56 Å². The summed E-state index contributed by atoms with van der Waals surface area (Å²) in [6.45, 7) is 8.13. The molecule has 1 saturated carbocycles. The van der Waals surface area contributed by atoms with E-state index in [1.165, 1.54) is 0 Å². The zero-order chi connectivity index (χ0) is 29.1. The third-order valence-corrected chi connectivity index (χ3v) is 8.44. The number of aliphatic hydroxyl groups is 1. The second-order valence-corrected chi connectivity index (χ2v) is 11.7. The van der Waals surface area contributed by atoms with Crippen LogP contribution < -0.4 is 5.56 Å². The van der Waals surface area contributed by atoms with Gasteiger partial charge < -0.3 is 9.84 Å². The molecule has 41 heavy (non-hydrogen) atoms. The van der Waals surface area contributed by atoms with Crippen LogP contribution in [0.15, 0.2) is 59.4 Å². The molecule has 0 saturated heterocycles. The first-order valence-corrected chi connectivity index (χ1v) is 14.8. The predicted molar refractivity (Wildman–Crippen MR) is 161 cm³/mol. The third-order valence-electron chi connectivity index (χ3n) is 8.44. The Kier molecular flexibility index (Phi) is 8.44. The molecule has 2 aromatic carbocycles. The first-order chi connectivity index (χ1) is 19.8. The first-order valence-electron chi connectivity index (χ1n) is 14.8. The molecule has 0 amide bonds. The van der Waals surface area contributed by atoms with Gasteiger partial charge in [0, 0.05) is 24.1 Å². The lowest BCUT2D eigenvalue weighted by atomic mass is 9.83. The lowest BCUT2D eigenvalue weighted by molar-refractivity contribution is -0.114. The standard InChI is InChI=1S/C34H40N4O3/c1-5-8-31-30(20-25-11-13-26(14-12-25)29-10-7-6-9-27(29)21-35)33(40)37(32-19-23(2)36-38(31)32)28-15-17-34(4,18-16-28)41-24(3)22-39/h6-7,9-14,19,24,28,39H,5,8,15-18,20,22H2,1-4H3. The number of aryl methyl sites for hydroxylation is 2. The molecular weight excluding hydrogens is 512 g/mol. The van der Waals surface area contributed by atoms with Gasteiger partial charge in [0.2, 0.25) is 0 Å². The highest BCUT2D eigenvalue weighted by Crippen LogP contribution is 2.38. The molecule has 7 heteroatoms. The molecule has 1 fully saturated rings. The maximum atomic E-state index is 14.4. The number of hydrogen-bond donors (Lipinski definition) is 1. The van der Waals surface area contributed by atoms with E-state index < -0.39 is 0 Å². The monoisotopic (exact) mass is 552 g/mol. The summed E-state index contributed by atoms with van der Waals surface area (Å²) < 4.78 is 10.2. The van der Waals surface area contributed by atoms with Gasteiger partial charge in [-0.15, -0.1) is 0 Å². The molecule has 7 nitrogen and oxygen atoms in total. The summed E-state index contributed by atoms with van der Waals surface area (Å²) in [6, 6.07) is 20.2. The Hall–Kier alpha value is -3.73. The van der Waals surface area contributed by atoms with E-state index in [0.717, 1.165) is 77.8 Å². The molecule has 0 radical (unpaired) electrons. The Morgan fingerprint density at radius 2 is 1.88 bits per heavy atom. The molecule has 0 spiro atoms. The first kappa shape index (κ1) is 28.8. The number of rotatable bonds is 9. The van der Waals surface area contributed by atoms with Crippen molar-refractivity contribution < 1.29 is 9.84 Å². The Morgan fingerprint density at radius 3 is 2.54 bits per heavy atom. The number of aliphatic hydroxyl groups excluding tert-OH is 1. The van der Waals surface area contributed by atoms with E-state index in [1.807, 2.05) is 65.4 Å². The van der Waals surface area contributed by atoms with E-state index in [0.29, 0.717) is 12.0 Å². The van der Waals surface area contributed by atoms with Crippen molar-refractivity contribution in [2.45, 2.75) is 90.4 Å². The van der Waals surface area contributed by atoms with Crippen LogP contribution in [-0.4, -0.2) is 37.6 Å². The van der Waals surface area contributed by atoms with E-state index in [4.69, 9.17) is 9.84 Å². The maximum absolute atomic E-state index is 14.4. The second kappa shape index (κ2) is 12.0. The van der Waals surface area contributed by atoms with Crippen molar-refractivity contribution in [2.24, 2.45) is 0 Å². The molecule has 0 bridgehead atoms. The average Bonchev–Trinajstić information content (AvgIpc) is 3.36. The number of nitrogens with zero attached hydrogens (tertiary/aromatic N) is 4. The van der Waals surface area contributed by atoms with Crippen molar-refractivity contribution in [1.29, 1.82) is 5.26 Å². The van der Waals surface area contributed by atoms with E-state index in [2.05, 4.69) is 32.0 Å². The summed E-state index contributed by atoms with van der Waals surface area (Å²) in [4.78, 5) is 14.4. The summed E-state index contributed by atoms with van der Waals surface area (Å²) in [7, 11) is 0. The van der Waals surface area contributed by atoms with Crippen LogP contribution in [0.5, 0.6) is 0 Å². The third kappa shape index (κ3) is 5.86. The molecule has 1 N–H and O–H groups in total. The van der Waals surface area contributed by atoms with E-state index in [1.54, 1.807) is 0 Å². The van der Waals surface area contributed by atoms with Gasteiger partial charge in [-0.25, -0.2) is 4.52 Å². The number of aromatic nitrogens is 3. The molecule has 4 aromatic rings. The van der Waals surface area contributed by atoms with Crippen molar-refractivity contribution >= 4 is 5.65 Å². The Morgan fingerprint density at radius 1 is 1.17 bits per heavy atom. The van der Waals surface area contributed by atoms with Gasteiger partial charge in [-0.3, -0.25) is 9.36 Å². The molecule has 1 unspecified atom stereocenters. The van der Waals surface area contributed by atoms with Gasteiger partial charge in [0.15, 0.2) is 0 Å². The fraction of sp³-hybridized carbons (Fsp3) is 0.441. The van der Waals surface area contributed by atoms with Crippen LogP contribution in [0, 0.1) is 18.3 Å². The SMILES string of the molecule is CCCc1c(Cc2ccc(-c3ccccc3C#N)cc2)c(=O)n(C2CCC(C)(OC(C)CO)CC2)c2cc(C)nn12. The van der Waals surface area contributed by atoms with Crippen LogP contribution in [0.4, 0.5) is 0 Å². The molecular formula is C34H40N4O3. The number of hydrogen-bond acceptors (Lipinski definition) is 5. The fourth-order valence-electron chi connectivity index (χ4n) is 6.33. The largest absolute Gasteiger partial charge is 0.394 e. The van der Waals surface area contributed by atoms with E-state index in [-0.39, 0.29) is 29.9 Å². The summed E-state index contributed by atoms with van der Waals surface area (Å²) in [5.74, 6) is 0. The Bertz CT molecular complexity index is 1620. The van der Waals surface area contributed by atoms with Crippen molar-refractivity contribution in [3.05, 3.63) is 93.0 Å². The summed E-state index contributed by atoms with van der Waals surface area (Å²) in [5.41, 5.74) is 6.90. The van der Waals surface area contributed by atoms with Crippen LogP contribution >= 0.6 is 0 Å². The van der Waals surface area contributed by atoms with Crippen molar-refractivity contribution in [3.63, 3.8) is 0 Å². The minimum Gasteiger partial charge on any atom is -0.394 e. The van der Waals surface area contributed by atoms with Crippen molar-refractivity contribution in [3.8, 4) is 17.2 Å². The van der Waals surface area contributed by atoms with Gasteiger partial charge in [-0.1, -0.05) is 55.8 Å². The molecule has 2 aromatic heterocycles. The topological polar surface area (TPSA) is 92.5 Å². The lowest BCUT2D eigenvalue weighted by Gasteiger charge is -2.39. The summed E-state index contributed by atoms with van der Waals surface area (Å²) in [5, 5.41) is 23.9. The van der Waals surface area contributed by atoms with E-state index >= 15 is 0 Å². The highest BCUT2D eigenvalue weighted by molar-refractivity contribution is 5.70. The van der Waals surface area contributed by atoms with Crippen LogP contribution in [0.25, 0.3) is 16.8 Å². The Labute approximate surface area is 242 Å². The van der Waals surface area contributed by atoms with Crippen LogP contribution in [0.3, 0.4) is 0 Å². The smallest absolute Gasteiger partial charge is 0.257 e. The van der Waals surface area contributed by atoms with Gasteiger partial charge in [0.1, 0.15) is 5.65 Å². The zero-order valence-corrected chi connectivity index (χ0v) is 24.6. The minimum atomic E-state index is -0.300. The van der Waals surface area contributed by atoms with Gasteiger partial charge in [-0.2, -0.15) is 10.4 Å². The highest BCUT2D eigenvalue weighted by atomic mass is 16.5. The number of fused-ring (bicyclic) bond motifs is 1. The Balaban J connectivity index is 1.52. The minimum absolute atomic E-state index is 0.00225. The van der Waals surface area contributed by atoms with Crippen molar-refractivity contribution in [2.75, 3.05) is 6.61 Å². The van der Waals surface area contributed by atoms with Gasteiger partial charge in [-0.05, 0) is 75.6 Å². The molecule has 0 aliphatic heterocycles. The number of benzene rings is 2. The normalized spacial score (nSPS) is 19.8. The molecule has 214 valence electrons. The lowest BCUT2D eigenvalue weighted by Crippen LogP contribution is -2.40. The molecule has 1 aliphatic rings. The summed E-state index contributed by atoms with van der Waals surface area (Å²) in [6.07, 6.45) is 5.30. The summed E-state index contributed by atoms with van der Waals surface area (Å²) >= 11 is 0. The average molecular weight is 553 g/mol. The van der Waals surface area contributed by atoms with E-state index in [9.17, 15) is 15.2 Å². The molecule has 5 rings (SSSR count). The fourth-order valence-corrected chi connectivity index (χ4v) is 6.33. The van der Waals surface area contributed by atoms with Crippen molar-refractivity contribution in [1.82, 2.24) is 14.2 Å². The van der Waals surface area contributed by atoms with Gasteiger partial charge >= 0.3 is 0 Å². The molecule has 2 heterocycles. The second-order valence-electron chi connectivity index (χ2n) is 11.7.